The molecule has 8 heteroatoms. The molecular formula is C16H24N6O2. The molecule has 2 N–H and O–H groups in total. The van der Waals surface area contributed by atoms with Gasteiger partial charge in [-0.3, -0.25) is 19.0 Å². The molecule has 0 aliphatic carbocycles. The van der Waals surface area contributed by atoms with Gasteiger partial charge in [-0.05, 0) is 27.7 Å². The Balaban J connectivity index is 1.81. The summed E-state index contributed by atoms with van der Waals surface area (Å²) in [4.78, 5) is 24.2. The lowest BCUT2D eigenvalue weighted by Gasteiger charge is -2.06. The highest BCUT2D eigenvalue weighted by molar-refractivity contribution is 5.96. The first-order valence-corrected chi connectivity index (χ1v) is 8.10. The van der Waals surface area contributed by atoms with Crippen molar-refractivity contribution in [3.63, 3.8) is 0 Å². The first-order valence-electron chi connectivity index (χ1n) is 8.10. The van der Waals surface area contributed by atoms with Crippen LogP contribution in [0.3, 0.4) is 0 Å². The van der Waals surface area contributed by atoms with Crippen molar-refractivity contribution in [2.24, 2.45) is 0 Å². The van der Waals surface area contributed by atoms with Crippen LogP contribution in [0.4, 0.5) is 0 Å². The molecule has 0 saturated carbocycles. The monoisotopic (exact) mass is 332 g/mol. The maximum absolute atomic E-state index is 12.1. The summed E-state index contributed by atoms with van der Waals surface area (Å²) in [5.74, 6) is -0.368. The molecule has 0 saturated heterocycles. The van der Waals surface area contributed by atoms with Gasteiger partial charge < -0.3 is 10.6 Å². The SMILES string of the molecule is CCn1cc(C(=O)NCCNC(=O)c2cn(CC)nc2C)c(C)n1. The van der Waals surface area contributed by atoms with E-state index in [1.807, 2.05) is 13.8 Å². The minimum atomic E-state index is -0.184. The maximum Gasteiger partial charge on any atom is 0.254 e. The fraction of sp³-hybridized carbons (Fsp3) is 0.500. The summed E-state index contributed by atoms with van der Waals surface area (Å²) in [5, 5.41) is 14.1. The van der Waals surface area contributed by atoms with Crippen molar-refractivity contribution in [3.05, 3.63) is 34.9 Å². The van der Waals surface area contributed by atoms with E-state index in [0.717, 1.165) is 13.1 Å². The summed E-state index contributed by atoms with van der Waals surface area (Å²) in [6, 6.07) is 0. The predicted molar refractivity (Wildman–Crippen MR) is 89.9 cm³/mol. The zero-order chi connectivity index (χ0) is 17.7. The summed E-state index contributed by atoms with van der Waals surface area (Å²) in [6.07, 6.45) is 3.46. The molecule has 24 heavy (non-hydrogen) atoms. The molecule has 0 bridgehead atoms. The second-order valence-electron chi connectivity index (χ2n) is 5.48. The van der Waals surface area contributed by atoms with Gasteiger partial charge in [-0.15, -0.1) is 0 Å². The molecule has 2 aromatic rings. The van der Waals surface area contributed by atoms with Crippen molar-refractivity contribution in [3.8, 4) is 0 Å². The average molecular weight is 332 g/mol. The van der Waals surface area contributed by atoms with Crippen LogP contribution < -0.4 is 10.6 Å². The maximum atomic E-state index is 12.1. The van der Waals surface area contributed by atoms with E-state index >= 15 is 0 Å². The first kappa shape index (κ1) is 17.7. The van der Waals surface area contributed by atoms with Crippen LogP contribution >= 0.6 is 0 Å². The number of carbonyl (C=O) groups is 2. The molecule has 130 valence electrons. The van der Waals surface area contributed by atoms with Gasteiger partial charge in [-0.2, -0.15) is 10.2 Å². The summed E-state index contributed by atoms with van der Waals surface area (Å²) < 4.78 is 3.44. The minimum absolute atomic E-state index is 0.184. The van der Waals surface area contributed by atoms with Crippen LogP contribution in [0.1, 0.15) is 46.0 Å². The highest BCUT2D eigenvalue weighted by Crippen LogP contribution is 2.06. The zero-order valence-corrected chi connectivity index (χ0v) is 14.6. The van der Waals surface area contributed by atoms with Crippen LogP contribution in [0, 0.1) is 13.8 Å². The molecular weight excluding hydrogens is 308 g/mol. The number of nitrogens with zero attached hydrogens (tertiary/aromatic N) is 4. The van der Waals surface area contributed by atoms with Gasteiger partial charge in [-0.25, -0.2) is 0 Å². The number of hydrogen-bond donors (Lipinski definition) is 2. The van der Waals surface area contributed by atoms with Gasteiger partial charge in [0.25, 0.3) is 11.8 Å². The fourth-order valence-electron chi connectivity index (χ4n) is 2.35. The number of aryl methyl sites for hydroxylation is 4. The van der Waals surface area contributed by atoms with E-state index in [-0.39, 0.29) is 11.8 Å². The van der Waals surface area contributed by atoms with E-state index in [9.17, 15) is 9.59 Å². The molecule has 0 atom stereocenters. The Labute approximate surface area is 141 Å². The Morgan fingerprint density at radius 3 is 1.54 bits per heavy atom. The summed E-state index contributed by atoms with van der Waals surface area (Å²) in [7, 11) is 0. The molecule has 8 nitrogen and oxygen atoms in total. The Morgan fingerprint density at radius 2 is 1.25 bits per heavy atom. The van der Waals surface area contributed by atoms with Crippen molar-refractivity contribution in [1.29, 1.82) is 0 Å². The van der Waals surface area contributed by atoms with Crippen molar-refractivity contribution in [2.75, 3.05) is 13.1 Å². The van der Waals surface area contributed by atoms with E-state index in [4.69, 9.17) is 0 Å². The fourth-order valence-corrected chi connectivity index (χ4v) is 2.35. The lowest BCUT2D eigenvalue weighted by Crippen LogP contribution is -2.34. The quantitative estimate of drug-likeness (QED) is 0.737. The molecule has 0 fully saturated rings. The Bertz CT molecular complexity index is 669. The third-order valence-electron chi connectivity index (χ3n) is 3.73. The smallest absolute Gasteiger partial charge is 0.254 e. The molecule has 0 unspecified atom stereocenters. The van der Waals surface area contributed by atoms with Gasteiger partial charge in [0.05, 0.1) is 22.5 Å². The highest BCUT2D eigenvalue weighted by atomic mass is 16.2. The molecule has 2 heterocycles. The van der Waals surface area contributed by atoms with Crippen LogP contribution in [0.2, 0.25) is 0 Å². The number of carbonyl (C=O) groups excluding carboxylic acids is 2. The van der Waals surface area contributed by atoms with E-state index in [1.165, 1.54) is 0 Å². The van der Waals surface area contributed by atoms with E-state index in [2.05, 4.69) is 20.8 Å². The second kappa shape index (κ2) is 7.76. The summed E-state index contributed by atoms with van der Waals surface area (Å²) in [6.45, 7) is 9.67. The van der Waals surface area contributed by atoms with Gasteiger partial charge in [0.2, 0.25) is 0 Å². The van der Waals surface area contributed by atoms with Gasteiger partial charge in [0.15, 0.2) is 0 Å². The van der Waals surface area contributed by atoms with Crippen LogP contribution in [-0.2, 0) is 13.1 Å². The number of nitrogens with one attached hydrogen (secondary N) is 2. The normalized spacial score (nSPS) is 10.7. The van der Waals surface area contributed by atoms with Crippen molar-refractivity contribution in [2.45, 2.75) is 40.8 Å². The van der Waals surface area contributed by atoms with E-state index in [1.54, 1.807) is 35.6 Å². The lowest BCUT2D eigenvalue weighted by molar-refractivity contribution is 0.0927. The predicted octanol–water partition coefficient (Wildman–Crippen LogP) is 0.896. The molecule has 2 aromatic heterocycles. The lowest BCUT2D eigenvalue weighted by atomic mass is 10.2. The summed E-state index contributed by atoms with van der Waals surface area (Å²) >= 11 is 0. The van der Waals surface area contributed by atoms with E-state index in [0.29, 0.717) is 35.6 Å². The van der Waals surface area contributed by atoms with Crippen molar-refractivity contribution >= 4 is 11.8 Å². The molecule has 0 radical (unpaired) electrons. The Morgan fingerprint density at radius 1 is 0.875 bits per heavy atom. The Kier molecular flexibility index (Phi) is 5.73. The number of amides is 2. The third kappa shape index (κ3) is 4.01. The molecule has 2 rings (SSSR count). The highest BCUT2D eigenvalue weighted by Gasteiger charge is 2.14. The number of rotatable bonds is 7. The van der Waals surface area contributed by atoms with Gasteiger partial charge >= 0.3 is 0 Å². The molecule has 0 aliphatic heterocycles. The van der Waals surface area contributed by atoms with Gasteiger partial charge in [-0.1, -0.05) is 0 Å². The third-order valence-corrected chi connectivity index (χ3v) is 3.73. The second-order valence-corrected chi connectivity index (χ2v) is 5.48. The zero-order valence-electron chi connectivity index (χ0n) is 14.6. The minimum Gasteiger partial charge on any atom is -0.350 e. The number of hydrogen-bond acceptors (Lipinski definition) is 4. The largest absolute Gasteiger partial charge is 0.350 e. The van der Waals surface area contributed by atoms with Crippen LogP contribution in [0.15, 0.2) is 12.4 Å². The van der Waals surface area contributed by atoms with Crippen molar-refractivity contribution < 1.29 is 9.59 Å². The average Bonchev–Trinajstić information content (AvgIpc) is 3.13. The molecule has 0 spiro atoms. The topological polar surface area (TPSA) is 93.8 Å². The molecule has 0 aromatic carbocycles. The standard InChI is InChI=1S/C16H24N6O2/c1-5-21-9-13(11(3)19-21)15(23)17-7-8-18-16(24)14-10-22(6-2)20-12(14)4/h9-10H,5-8H2,1-4H3,(H,17,23)(H,18,24). The number of aromatic nitrogens is 4. The van der Waals surface area contributed by atoms with E-state index < -0.39 is 0 Å². The first-order chi connectivity index (χ1) is 11.5. The summed E-state index contributed by atoms with van der Waals surface area (Å²) in [5.41, 5.74) is 2.51. The Hall–Kier alpha value is -2.64. The van der Waals surface area contributed by atoms with Gasteiger partial charge in [0.1, 0.15) is 0 Å². The van der Waals surface area contributed by atoms with Crippen LogP contribution in [0.5, 0.6) is 0 Å². The van der Waals surface area contributed by atoms with Gasteiger partial charge in [0, 0.05) is 38.6 Å². The van der Waals surface area contributed by atoms with Crippen LogP contribution in [-0.4, -0.2) is 44.5 Å². The van der Waals surface area contributed by atoms with Crippen molar-refractivity contribution in [1.82, 2.24) is 30.2 Å². The molecule has 0 aliphatic rings. The van der Waals surface area contributed by atoms with Crippen LogP contribution in [0.25, 0.3) is 0 Å². The molecule has 2 amide bonds.